The molecule has 2 rings (SSSR count). The number of hydrogen-bond acceptors (Lipinski definition) is 5. The van der Waals surface area contributed by atoms with Crippen molar-refractivity contribution in [2.45, 2.75) is 12.5 Å². The third-order valence-corrected chi connectivity index (χ3v) is 2.41. The summed E-state index contributed by atoms with van der Waals surface area (Å²) in [6.45, 7) is 0.511. The second-order valence-corrected chi connectivity index (χ2v) is 3.68. The van der Waals surface area contributed by atoms with Crippen LogP contribution in [0.5, 0.6) is 0 Å². The highest BCUT2D eigenvalue weighted by molar-refractivity contribution is 5.87. The monoisotopic (exact) mass is 244 g/mol. The molecule has 1 aliphatic rings. The van der Waals surface area contributed by atoms with Gasteiger partial charge in [-0.1, -0.05) is 30.3 Å². The molecular weight excluding hydrogens is 232 g/mol. The maximum absolute atomic E-state index is 11.8. The molecule has 1 heterocycles. The molecule has 0 fully saturated rings. The van der Waals surface area contributed by atoms with E-state index in [1.165, 1.54) is 0 Å². The maximum Gasteiger partial charge on any atom is 0.358 e. The Bertz CT molecular complexity index is 491. The maximum atomic E-state index is 11.8. The first kappa shape index (κ1) is 12.1. The van der Waals surface area contributed by atoms with E-state index in [-0.39, 0.29) is 5.70 Å². The molecule has 1 aliphatic heterocycles. The lowest BCUT2D eigenvalue weighted by atomic mass is 10.1. The number of carbonyl (C=O) groups excluding carboxylic acids is 1. The van der Waals surface area contributed by atoms with Crippen molar-refractivity contribution in [3.63, 3.8) is 0 Å². The van der Waals surface area contributed by atoms with Crippen LogP contribution < -0.4 is 5.48 Å². The van der Waals surface area contributed by atoms with Crippen LogP contribution in [0, 0.1) is 11.3 Å². The summed E-state index contributed by atoms with van der Waals surface area (Å²) in [5.74, 6) is -0.592. The van der Waals surface area contributed by atoms with Gasteiger partial charge in [0, 0.05) is 5.56 Å². The minimum Gasteiger partial charge on any atom is -0.437 e. The first-order valence-electron chi connectivity index (χ1n) is 5.55. The van der Waals surface area contributed by atoms with E-state index in [0.717, 1.165) is 0 Å². The highest BCUT2D eigenvalue weighted by atomic mass is 16.6. The summed E-state index contributed by atoms with van der Waals surface area (Å²) < 4.78 is 5.11. The lowest BCUT2D eigenvalue weighted by Gasteiger charge is -2.16. The number of hydrogen-bond donors (Lipinski definition) is 1. The second-order valence-electron chi connectivity index (χ2n) is 3.68. The van der Waals surface area contributed by atoms with Gasteiger partial charge in [0.15, 0.2) is 0 Å². The Morgan fingerprint density at radius 1 is 1.44 bits per heavy atom. The van der Waals surface area contributed by atoms with Gasteiger partial charge < -0.3 is 4.74 Å². The molecule has 0 radical (unpaired) electrons. The molecular formula is C13H12N2O3. The molecule has 1 aromatic rings. The number of nitriles is 1. The number of ether oxygens (including phenoxy) is 1. The molecule has 92 valence electrons. The summed E-state index contributed by atoms with van der Waals surface area (Å²) in [7, 11) is 0. The molecule has 1 atom stereocenters. The normalized spacial score (nSPS) is 15.8. The van der Waals surface area contributed by atoms with E-state index in [1.54, 1.807) is 30.3 Å². The van der Waals surface area contributed by atoms with Crippen LogP contribution in [0.25, 0.3) is 0 Å². The average Bonchev–Trinajstić information content (AvgIpc) is 2.46. The number of benzene rings is 1. The van der Waals surface area contributed by atoms with Crippen LogP contribution in [0.4, 0.5) is 0 Å². The van der Waals surface area contributed by atoms with Crippen molar-refractivity contribution < 1.29 is 14.4 Å². The first-order chi connectivity index (χ1) is 8.81. The van der Waals surface area contributed by atoms with E-state index in [1.807, 2.05) is 12.1 Å². The van der Waals surface area contributed by atoms with Crippen molar-refractivity contribution in [2.24, 2.45) is 0 Å². The molecule has 18 heavy (non-hydrogen) atoms. The highest BCUT2D eigenvalue weighted by Crippen LogP contribution is 2.17. The fourth-order valence-electron chi connectivity index (χ4n) is 1.52. The van der Waals surface area contributed by atoms with Crippen molar-refractivity contribution in [2.75, 3.05) is 6.61 Å². The van der Waals surface area contributed by atoms with Crippen molar-refractivity contribution in [3.05, 3.63) is 47.7 Å². The third kappa shape index (κ3) is 2.87. The molecule has 0 aromatic heterocycles. The minimum absolute atomic E-state index is 0.234. The van der Waals surface area contributed by atoms with Gasteiger partial charge in [-0.25, -0.2) is 4.79 Å². The zero-order chi connectivity index (χ0) is 12.8. The number of carbonyl (C=O) groups is 1. The molecule has 0 bridgehead atoms. The number of nitrogens with one attached hydrogen (secondary N) is 1. The average molecular weight is 244 g/mol. The van der Waals surface area contributed by atoms with Gasteiger partial charge in [-0.2, -0.15) is 5.26 Å². The van der Waals surface area contributed by atoms with Gasteiger partial charge in [0.05, 0.1) is 6.61 Å². The zero-order valence-electron chi connectivity index (χ0n) is 9.63. The van der Waals surface area contributed by atoms with Crippen LogP contribution in [0.15, 0.2) is 42.1 Å². The lowest BCUT2D eigenvalue weighted by Crippen LogP contribution is -2.27. The quantitative estimate of drug-likeness (QED) is 0.818. The standard InChI is InChI=1S/C13H12N2O3/c14-9-12(10-5-2-1-3-6-10)18-13(16)11-7-4-8-17-15-11/h1-3,5-7,12,15H,4,8H2. The summed E-state index contributed by atoms with van der Waals surface area (Å²) in [6.07, 6.45) is 1.41. The Kier molecular flexibility index (Phi) is 3.94. The van der Waals surface area contributed by atoms with E-state index in [9.17, 15) is 4.79 Å². The summed E-state index contributed by atoms with van der Waals surface area (Å²) in [5, 5.41) is 9.03. The van der Waals surface area contributed by atoms with Gasteiger partial charge in [0.25, 0.3) is 0 Å². The number of nitrogens with zero attached hydrogens (tertiary/aromatic N) is 1. The SMILES string of the molecule is N#CC(OC(=O)C1=CCCON1)c1ccccc1. The van der Waals surface area contributed by atoms with Gasteiger partial charge in [0.2, 0.25) is 6.10 Å². The van der Waals surface area contributed by atoms with Crippen LogP contribution in [-0.4, -0.2) is 12.6 Å². The molecule has 0 aliphatic carbocycles. The Hall–Kier alpha value is -2.32. The Morgan fingerprint density at radius 2 is 2.22 bits per heavy atom. The first-order valence-corrected chi connectivity index (χ1v) is 5.55. The Balaban J connectivity index is 2.05. The molecule has 0 amide bonds. The van der Waals surface area contributed by atoms with Crippen LogP contribution in [0.2, 0.25) is 0 Å². The van der Waals surface area contributed by atoms with Crippen molar-refractivity contribution in [1.29, 1.82) is 5.26 Å². The van der Waals surface area contributed by atoms with Crippen LogP contribution in [-0.2, 0) is 14.4 Å². The Morgan fingerprint density at radius 3 is 2.83 bits per heavy atom. The molecule has 5 heteroatoms. The number of hydroxylamine groups is 1. The van der Waals surface area contributed by atoms with Gasteiger partial charge in [-0.05, 0) is 12.5 Å². The van der Waals surface area contributed by atoms with Crippen molar-refractivity contribution in [3.8, 4) is 6.07 Å². The van der Waals surface area contributed by atoms with E-state index in [2.05, 4.69) is 5.48 Å². The second kappa shape index (κ2) is 5.84. The molecule has 0 saturated heterocycles. The summed E-state index contributed by atoms with van der Waals surface area (Å²) in [6, 6.07) is 10.8. The largest absolute Gasteiger partial charge is 0.437 e. The Labute approximate surface area is 105 Å². The highest BCUT2D eigenvalue weighted by Gasteiger charge is 2.20. The summed E-state index contributed by atoms with van der Waals surface area (Å²) in [4.78, 5) is 16.7. The van der Waals surface area contributed by atoms with Crippen LogP contribution in [0.1, 0.15) is 18.1 Å². The van der Waals surface area contributed by atoms with Crippen molar-refractivity contribution in [1.82, 2.24) is 5.48 Å². The fraction of sp³-hybridized carbons (Fsp3) is 0.231. The van der Waals surface area contributed by atoms with Gasteiger partial charge in [-0.3, -0.25) is 10.3 Å². The van der Waals surface area contributed by atoms with Gasteiger partial charge in [-0.15, -0.1) is 0 Å². The summed E-state index contributed by atoms with van der Waals surface area (Å²) in [5.41, 5.74) is 3.35. The van der Waals surface area contributed by atoms with E-state index < -0.39 is 12.1 Å². The van der Waals surface area contributed by atoms with E-state index in [0.29, 0.717) is 18.6 Å². The van der Waals surface area contributed by atoms with Crippen LogP contribution in [0.3, 0.4) is 0 Å². The predicted octanol–water partition coefficient (Wildman–Crippen LogP) is 1.60. The molecule has 5 nitrogen and oxygen atoms in total. The van der Waals surface area contributed by atoms with Crippen molar-refractivity contribution >= 4 is 5.97 Å². The zero-order valence-corrected chi connectivity index (χ0v) is 9.63. The third-order valence-electron chi connectivity index (χ3n) is 2.41. The summed E-state index contributed by atoms with van der Waals surface area (Å²) >= 11 is 0. The van der Waals surface area contributed by atoms with Crippen LogP contribution >= 0.6 is 0 Å². The predicted molar refractivity (Wildman–Crippen MR) is 62.7 cm³/mol. The number of rotatable bonds is 3. The molecule has 0 spiro atoms. The smallest absolute Gasteiger partial charge is 0.358 e. The van der Waals surface area contributed by atoms with Gasteiger partial charge in [0.1, 0.15) is 11.8 Å². The number of esters is 1. The molecule has 1 unspecified atom stereocenters. The minimum atomic E-state index is -0.914. The lowest BCUT2D eigenvalue weighted by molar-refractivity contribution is -0.144. The molecule has 1 aromatic carbocycles. The fourth-order valence-corrected chi connectivity index (χ4v) is 1.52. The topological polar surface area (TPSA) is 71.3 Å². The van der Waals surface area contributed by atoms with E-state index in [4.69, 9.17) is 14.8 Å². The van der Waals surface area contributed by atoms with Gasteiger partial charge >= 0.3 is 5.97 Å². The van der Waals surface area contributed by atoms with E-state index >= 15 is 0 Å². The molecule has 0 saturated carbocycles. The molecule has 1 N–H and O–H groups in total.